The molecule has 0 saturated heterocycles. The summed E-state index contributed by atoms with van der Waals surface area (Å²) in [6, 6.07) is 15.7. The number of hydrogen-bond donors (Lipinski definition) is 1. The van der Waals surface area contributed by atoms with E-state index in [4.69, 9.17) is 5.73 Å². The predicted molar refractivity (Wildman–Crippen MR) is 74.1 cm³/mol. The van der Waals surface area contributed by atoms with Crippen molar-refractivity contribution >= 4 is 17.5 Å². The molecule has 0 aliphatic rings. The lowest BCUT2D eigenvalue weighted by molar-refractivity contribution is 0.0992. The highest BCUT2D eigenvalue weighted by Crippen LogP contribution is 2.20. The van der Waals surface area contributed by atoms with Crippen LogP contribution in [-0.4, -0.2) is 18.9 Å². The molecule has 2 amide bonds. The van der Waals surface area contributed by atoms with Crippen molar-refractivity contribution in [1.82, 2.24) is 0 Å². The van der Waals surface area contributed by atoms with Crippen LogP contribution in [0.2, 0.25) is 0 Å². The van der Waals surface area contributed by atoms with Crippen LogP contribution in [0.3, 0.4) is 0 Å². The average Bonchev–Trinajstić information content (AvgIpc) is 2.46. The zero-order chi connectivity index (χ0) is 13.8. The highest BCUT2D eigenvalue weighted by Gasteiger charge is 2.17. The molecule has 96 valence electrons. The van der Waals surface area contributed by atoms with Crippen molar-refractivity contribution in [2.75, 3.05) is 11.9 Å². The molecule has 0 heterocycles. The van der Waals surface area contributed by atoms with Crippen molar-refractivity contribution in [3.8, 4) is 0 Å². The molecular weight excluding hydrogens is 240 g/mol. The standard InChI is InChI=1S/C15H14N2O2/c1-17(15(19)11-7-3-2-4-8-11)13-10-6-5-9-12(13)14(16)18/h2-10H,1H3,(H2,16,18). The van der Waals surface area contributed by atoms with Crippen molar-refractivity contribution in [2.45, 2.75) is 0 Å². The summed E-state index contributed by atoms with van der Waals surface area (Å²) >= 11 is 0. The Hall–Kier alpha value is -2.62. The van der Waals surface area contributed by atoms with Crippen molar-refractivity contribution in [3.63, 3.8) is 0 Å². The minimum Gasteiger partial charge on any atom is -0.366 e. The molecule has 2 aromatic carbocycles. The summed E-state index contributed by atoms with van der Waals surface area (Å²) in [4.78, 5) is 25.1. The Morgan fingerprint density at radius 3 is 2.16 bits per heavy atom. The molecule has 0 aliphatic heterocycles. The minimum absolute atomic E-state index is 0.186. The summed E-state index contributed by atoms with van der Waals surface area (Å²) in [5.74, 6) is -0.738. The maximum atomic E-state index is 12.3. The number of para-hydroxylation sites is 1. The highest BCUT2D eigenvalue weighted by molar-refractivity contribution is 6.09. The average molecular weight is 254 g/mol. The zero-order valence-electron chi connectivity index (χ0n) is 10.5. The van der Waals surface area contributed by atoms with Gasteiger partial charge < -0.3 is 10.6 Å². The fraction of sp³-hybridized carbons (Fsp3) is 0.0667. The van der Waals surface area contributed by atoms with Gasteiger partial charge >= 0.3 is 0 Å². The molecule has 0 aliphatic carbocycles. The van der Waals surface area contributed by atoms with Crippen molar-refractivity contribution in [1.29, 1.82) is 0 Å². The van der Waals surface area contributed by atoms with E-state index in [1.54, 1.807) is 55.6 Å². The van der Waals surface area contributed by atoms with Crippen LogP contribution in [0.1, 0.15) is 20.7 Å². The van der Waals surface area contributed by atoms with E-state index in [0.29, 0.717) is 16.8 Å². The van der Waals surface area contributed by atoms with Gasteiger partial charge in [-0.3, -0.25) is 9.59 Å². The highest BCUT2D eigenvalue weighted by atomic mass is 16.2. The Labute approximate surface area is 111 Å². The first kappa shape index (κ1) is 12.8. The first-order chi connectivity index (χ1) is 9.11. The first-order valence-corrected chi connectivity index (χ1v) is 5.83. The minimum atomic E-state index is -0.552. The summed E-state index contributed by atoms with van der Waals surface area (Å²) < 4.78 is 0. The second kappa shape index (κ2) is 5.35. The number of carbonyl (C=O) groups is 2. The van der Waals surface area contributed by atoms with Crippen LogP contribution >= 0.6 is 0 Å². The number of hydrogen-bond acceptors (Lipinski definition) is 2. The Kier molecular flexibility index (Phi) is 3.61. The van der Waals surface area contributed by atoms with E-state index in [-0.39, 0.29) is 5.91 Å². The van der Waals surface area contributed by atoms with Gasteiger partial charge in [-0.1, -0.05) is 30.3 Å². The molecule has 0 bridgehead atoms. The number of primary amides is 1. The Morgan fingerprint density at radius 1 is 0.947 bits per heavy atom. The van der Waals surface area contributed by atoms with E-state index in [1.807, 2.05) is 6.07 Å². The van der Waals surface area contributed by atoms with Crippen LogP contribution in [0.4, 0.5) is 5.69 Å². The third-order valence-corrected chi connectivity index (χ3v) is 2.86. The third-order valence-electron chi connectivity index (χ3n) is 2.86. The Morgan fingerprint density at radius 2 is 1.53 bits per heavy atom. The molecule has 2 aromatic rings. The zero-order valence-corrected chi connectivity index (χ0v) is 10.5. The summed E-state index contributed by atoms with van der Waals surface area (Å²) in [7, 11) is 1.62. The number of amides is 2. The second-order valence-corrected chi connectivity index (χ2v) is 4.11. The van der Waals surface area contributed by atoms with E-state index in [0.717, 1.165) is 0 Å². The van der Waals surface area contributed by atoms with E-state index in [9.17, 15) is 9.59 Å². The summed E-state index contributed by atoms with van der Waals surface area (Å²) in [5.41, 5.74) is 6.71. The van der Waals surface area contributed by atoms with Crippen LogP contribution in [0.5, 0.6) is 0 Å². The molecule has 0 saturated carbocycles. The molecule has 2 N–H and O–H groups in total. The number of benzene rings is 2. The molecule has 0 radical (unpaired) electrons. The maximum absolute atomic E-state index is 12.3. The molecule has 0 spiro atoms. The largest absolute Gasteiger partial charge is 0.366 e. The molecule has 4 heteroatoms. The quantitative estimate of drug-likeness (QED) is 0.911. The normalized spacial score (nSPS) is 9.95. The van der Waals surface area contributed by atoms with Gasteiger partial charge in [-0.25, -0.2) is 0 Å². The number of anilines is 1. The first-order valence-electron chi connectivity index (χ1n) is 5.83. The molecule has 4 nitrogen and oxygen atoms in total. The van der Waals surface area contributed by atoms with Crippen LogP contribution in [-0.2, 0) is 0 Å². The van der Waals surface area contributed by atoms with Crippen LogP contribution < -0.4 is 10.6 Å². The fourth-order valence-electron chi connectivity index (χ4n) is 1.86. The monoisotopic (exact) mass is 254 g/mol. The number of nitrogens with zero attached hydrogens (tertiary/aromatic N) is 1. The van der Waals surface area contributed by atoms with Gasteiger partial charge in [0.2, 0.25) is 0 Å². The van der Waals surface area contributed by atoms with Gasteiger partial charge in [0.15, 0.2) is 0 Å². The molecule has 0 fully saturated rings. The van der Waals surface area contributed by atoms with Crippen molar-refractivity contribution in [2.24, 2.45) is 5.73 Å². The summed E-state index contributed by atoms with van der Waals surface area (Å²) in [6.45, 7) is 0. The fourth-order valence-corrected chi connectivity index (χ4v) is 1.86. The molecule has 2 rings (SSSR count). The number of carbonyl (C=O) groups excluding carboxylic acids is 2. The van der Waals surface area contributed by atoms with Gasteiger partial charge in [0.25, 0.3) is 11.8 Å². The predicted octanol–water partition coefficient (Wildman–Crippen LogP) is 2.06. The van der Waals surface area contributed by atoms with Gasteiger partial charge in [0.05, 0.1) is 11.3 Å². The molecule has 0 unspecified atom stereocenters. The van der Waals surface area contributed by atoms with Gasteiger partial charge in [0, 0.05) is 12.6 Å². The number of rotatable bonds is 3. The van der Waals surface area contributed by atoms with Gasteiger partial charge in [-0.15, -0.1) is 0 Å². The molecule has 0 atom stereocenters. The van der Waals surface area contributed by atoms with E-state index >= 15 is 0 Å². The lowest BCUT2D eigenvalue weighted by Crippen LogP contribution is -2.28. The third kappa shape index (κ3) is 2.63. The van der Waals surface area contributed by atoms with Gasteiger partial charge in [-0.05, 0) is 24.3 Å². The van der Waals surface area contributed by atoms with E-state index in [2.05, 4.69) is 0 Å². The van der Waals surface area contributed by atoms with Gasteiger partial charge in [-0.2, -0.15) is 0 Å². The maximum Gasteiger partial charge on any atom is 0.258 e. The smallest absolute Gasteiger partial charge is 0.258 e. The molecule has 0 aromatic heterocycles. The second-order valence-electron chi connectivity index (χ2n) is 4.11. The van der Waals surface area contributed by atoms with E-state index < -0.39 is 5.91 Å². The lowest BCUT2D eigenvalue weighted by atomic mass is 10.1. The summed E-state index contributed by atoms with van der Waals surface area (Å²) in [5, 5.41) is 0. The Bertz CT molecular complexity index is 609. The van der Waals surface area contributed by atoms with Crippen molar-refractivity contribution in [3.05, 3.63) is 65.7 Å². The number of nitrogens with two attached hydrogens (primary N) is 1. The SMILES string of the molecule is CN(C(=O)c1ccccc1)c1ccccc1C(N)=O. The Balaban J connectivity index is 2.38. The van der Waals surface area contributed by atoms with E-state index in [1.165, 1.54) is 4.90 Å². The van der Waals surface area contributed by atoms with Crippen LogP contribution in [0.25, 0.3) is 0 Å². The topological polar surface area (TPSA) is 63.4 Å². The van der Waals surface area contributed by atoms with Crippen LogP contribution in [0, 0.1) is 0 Å². The lowest BCUT2D eigenvalue weighted by Gasteiger charge is -2.19. The van der Waals surface area contributed by atoms with Gasteiger partial charge in [0.1, 0.15) is 0 Å². The summed E-state index contributed by atoms with van der Waals surface area (Å²) in [6.07, 6.45) is 0. The van der Waals surface area contributed by atoms with Crippen molar-refractivity contribution < 1.29 is 9.59 Å². The molecule has 19 heavy (non-hydrogen) atoms. The molecular formula is C15H14N2O2. The van der Waals surface area contributed by atoms with Crippen LogP contribution in [0.15, 0.2) is 54.6 Å².